The molecule has 148 valence electrons. The van der Waals surface area contributed by atoms with Gasteiger partial charge in [-0.3, -0.25) is 4.79 Å². The second kappa shape index (κ2) is 5.90. The zero-order valence-electron chi connectivity index (χ0n) is 16.3. The van der Waals surface area contributed by atoms with E-state index in [2.05, 4.69) is 6.92 Å². The van der Waals surface area contributed by atoms with Crippen LogP contribution in [0, 0.1) is 0 Å². The van der Waals surface area contributed by atoms with E-state index < -0.39 is 11.6 Å². The maximum absolute atomic E-state index is 13.2. The van der Waals surface area contributed by atoms with Crippen molar-refractivity contribution < 1.29 is 14.6 Å². The molecule has 4 heterocycles. The van der Waals surface area contributed by atoms with Gasteiger partial charge in [-0.05, 0) is 36.6 Å². The number of benzene rings is 1. The molecule has 3 N–H and O–H groups in total. The third-order valence-corrected chi connectivity index (χ3v) is 6.20. The lowest BCUT2D eigenvalue weighted by molar-refractivity contribution is -0.172. The van der Waals surface area contributed by atoms with Crippen molar-refractivity contribution in [2.24, 2.45) is 0 Å². The number of nitrogens with two attached hydrogens (primary N) is 1. The number of fused-ring (bicyclic) bond motifs is 5. The average molecular weight is 391 g/mol. The molecule has 7 heteroatoms. The number of anilines is 1. The van der Waals surface area contributed by atoms with E-state index in [1.165, 1.54) is 0 Å². The van der Waals surface area contributed by atoms with Crippen molar-refractivity contribution in [1.82, 2.24) is 9.55 Å². The molecule has 2 aliphatic rings. The van der Waals surface area contributed by atoms with Gasteiger partial charge in [0, 0.05) is 22.2 Å². The molecule has 0 saturated carbocycles. The Kier molecular flexibility index (Phi) is 3.64. The Labute approximate surface area is 166 Å². The third-order valence-electron chi connectivity index (χ3n) is 6.20. The number of carbonyl (C=O) groups excluding carboxylic acids is 1. The Bertz CT molecular complexity index is 1280. The van der Waals surface area contributed by atoms with Crippen LogP contribution in [0.1, 0.15) is 42.5 Å². The van der Waals surface area contributed by atoms with Crippen LogP contribution in [-0.4, -0.2) is 20.6 Å². The van der Waals surface area contributed by atoms with Crippen LogP contribution in [0.2, 0.25) is 0 Å². The van der Waals surface area contributed by atoms with Crippen LogP contribution in [0.5, 0.6) is 0 Å². The van der Waals surface area contributed by atoms with E-state index in [-0.39, 0.29) is 18.6 Å². The van der Waals surface area contributed by atoms with Crippen molar-refractivity contribution in [2.75, 3.05) is 5.73 Å². The van der Waals surface area contributed by atoms with E-state index in [4.69, 9.17) is 15.5 Å². The van der Waals surface area contributed by atoms with Crippen LogP contribution in [0.15, 0.2) is 29.1 Å². The van der Waals surface area contributed by atoms with Crippen molar-refractivity contribution >= 4 is 22.6 Å². The first-order valence-electron chi connectivity index (χ1n) is 9.77. The van der Waals surface area contributed by atoms with Gasteiger partial charge < -0.3 is 20.1 Å². The maximum Gasteiger partial charge on any atom is 0.343 e. The highest BCUT2D eigenvalue weighted by Crippen LogP contribution is 2.41. The minimum atomic E-state index is -1.83. The normalized spacial score (nSPS) is 19.6. The molecule has 0 spiro atoms. The van der Waals surface area contributed by atoms with Gasteiger partial charge >= 0.3 is 5.97 Å². The fourth-order valence-corrected chi connectivity index (χ4v) is 4.38. The molecule has 0 amide bonds. The summed E-state index contributed by atoms with van der Waals surface area (Å²) in [5.41, 5.74) is 9.50. The smallest absolute Gasteiger partial charge is 0.343 e. The summed E-state index contributed by atoms with van der Waals surface area (Å²) in [6, 6.07) is 7.69. The lowest BCUT2D eigenvalue weighted by Gasteiger charge is -2.31. The number of cyclic esters (lactones) is 1. The summed E-state index contributed by atoms with van der Waals surface area (Å²) in [6.45, 7) is 3.93. The SMILES string of the molecule is CCc1ccc2nc3c(c(N)c2c1)Cn1c-3cc2c(c1=O)COC(=O)C2(O)CC. The molecular formula is C22H21N3O4. The lowest BCUT2D eigenvalue weighted by atomic mass is 9.86. The van der Waals surface area contributed by atoms with Crippen molar-refractivity contribution in [3.63, 3.8) is 0 Å². The molecule has 7 nitrogen and oxygen atoms in total. The minimum absolute atomic E-state index is 0.113. The first-order chi connectivity index (χ1) is 13.9. The monoisotopic (exact) mass is 391 g/mol. The number of nitrogens with zero attached hydrogens (tertiary/aromatic N) is 2. The lowest BCUT2D eigenvalue weighted by Crippen LogP contribution is -2.44. The van der Waals surface area contributed by atoms with Crippen LogP contribution in [-0.2, 0) is 34.7 Å². The van der Waals surface area contributed by atoms with Crippen LogP contribution >= 0.6 is 0 Å². The molecule has 5 rings (SSSR count). The van der Waals surface area contributed by atoms with Crippen LogP contribution in [0.25, 0.3) is 22.3 Å². The van der Waals surface area contributed by atoms with Gasteiger partial charge in [-0.15, -0.1) is 0 Å². The molecule has 29 heavy (non-hydrogen) atoms. The van der Waals surface area contributed by atoms with Gasteiger partial charge in [0.05, 0.1) is 29.0 Å². The van der Waals surface area contributed by atoms with Gasteiger partial charge in [-0.1, -0.05) is 19.9 Å². The molecular weight excluding hydrogens is 370 g/mol. The fraction of sp³-hybridized carbons (Fsp3) is 0.318. The molecule has 3 aromatic rings. The highest BCUT2D eigenvalue weighted by molar-refractivity contribution is 5.96. The average Bonchev–Trinajstić information content (AvgIpc) is 3.10. The summed E-state index contributed by atoms with van der Waals surface area (Å²) in [5.74, 6) is -0.729. The molecule has 1 aromatic carbocycles. The zero-order valence-corrected chi connectivity index (χ0v) is 16.3. The first-order valence-corrected chi connectivity index (χ1v) is 9.77. The number of hydrogen-bond donors (Lipinski definition) is 2. The quantitative estimate of drug-likeness (QED) is 0.508. The molecule has 1 atom stereocenters. The molecule has 2 aromatic heterocycles. The highest BCUT2D eigenvalue weighted by atomic mass is 16.6. The van der Waals surface area contributed by atoms with E-state index >= 15 is 0 Å². The van der Waals surface area contributed by atoms with Crippen LogP contribution < -0.4 is 11.3 Å². The molecule has 0 fully saturated rings. The van der Waals surface area contributed by atoms with Gasteiger partial charge in [0.2, 0.25) is 0 Å². The van der Waals surface area contributed by atoms with Gasteiger partial charge in [0.15, 0.2) is 5.60 Å². The standard InChI is InChI=1S/C22H21N3O4/c1-3-11-5-6-16-12(7-11)18(23)13-9-25-17(19(13)24-16)8-15-14(20(25)26)10-29-21(27)22(15,28)4-2/h5-8,28H,3-4,9-10H2,1-2H3,(H2,23,24). The van der Waals surface area contributed by atoms with E-state index in [1.807, 2.05) is 18.2 Å². The number of carbonyl (C=O) groups is 1. The van der Waals surface area contributed by atoms with Crippen LogP contribution in [0.4, 0.5) is 5.69 Å². The molecule has 0 aliphatic carbocycles. The maximum atomic E-state index is 13.2. The topological polar surface area (TPSA) is 107 Å². The summed E-state index contributed by atoms with van der Waals surface area (Å²) in [4.78, 5) is 30.2. The summed E-state index contributed by atoms with van der Waals surface area (Å²) in [6.07, 6.45) is 1.00. The summed E-state index contributed by atoms with van der Waals surface area (Å²) >= 11 is 0. The Morgan fingerprint density at radius 3 is 2.76 bits per heavy atom. The second-order valence-corrected chi connectivity index (χ2v) is 7.66. The highest BCUT2D eigenvalue weighted by Gasteiger charge is 2.45. The summed E-state index contributed by atoms with van der Waals surface area (Å²) < 4.78 is 6.70. The Morgan fingerprint density at radius 2 is 2.03 bits per heavy atom. The number of aliphatic hydroxyl groups is 1. The summed E-state index contributed by atoms with van der Waals surface area (Å²) in [5, 5.41) is 11.8. The molecule has 0 bridgehead atoms. The predicted octanol–water partition coefficient (Wildman–Crippen LogP) is 2.22. The number of ether oxygens (including phenoxy) is 1. The molecule has 0 saturated heterocycles. The number of pyridine rings is 2. The number of rotatable bonds is 2. The number of nitrogen functional groups attached to an aromatic ring is 1. The van der Waals surface area contributed by atoms with Crippen molar-refractivity contribution in [3.8, 4) is 11.4 Å². The largest absolute Gasteiger partial charge is 0.458 e. The predicted molar refractivity (Wildman–Crippen MR) is 108 cm³/mol. The fourth-order valence-electron chi connectivity index (χ4n) is 4.38. The Balaban J connectivity index is 1.80. The van der Waals surface area contributed by atoms with Gasteiger partial charge in [0.25, 0.3) is 5.56 Å². The van der Waals surface area contributed by atoms with Gasteiger partial charge in [0.1, 0.15) is 6.61 Å². The summed E-state index contributed by atoms with van der Waals surface area (Å²) in [7, 11) is 0. The number of esters is 1. The Morgan fingerprint density at radius 1 is 1.24 bits per heavy atom. The van der Waals surface area contributed by atoms with Crippen molar-refractivity contribution in [1.29, 1.82) is 0 Å². The molecule has 1 unspecified atom stereocenters. The van der Waals surface area contributed by atoms with Gasteiger partial charge in [-0.2, -0.15) is 0 Å². The number of hydrogen-bond acceptors (Lipinski definition) is 6. The first kappa shape index (κ1) is 17.9. The van der Waals surface area contributed by atoms with Crippen molar-refractivity contribution in [3.05, 3.63) is 56.9 Å². The second-order valence-electron chi connectivity index (χ2n) is 7.66. The van der Waals surface area contributed by atoms with E-state index in [1.54, 1.807) is 17.6 Å². The Hall–Kier alpha value is -3.19. The van der Waals surface area contributed by atoms with Gasteiger partial charge in [-0.25, -0.2) is 9.78 Å². The van der Waals surface area contributed by atoms with E-state index in [0.717, 1.165) is 28.5 Å². The number of aromatic nitrogens is 2. The van der Waals surface area contributed by atoms with Crippen LogP contribution in [0.3, 0.4) is 0 Å². The minimum Gasteiger partial charge on any atom is -0.458 e. The third kappa shape index (κ3) is 2.25. The molecule has 2 aliphatic heterocycles. The van der Waals surface area contributed by atoms with E-state index in [0.29, 0.717) is 34.7 Å². The number of aryl methyl sites for hydroxylation is 1. The van der Waals surface area contributed by atoms with E-state index in [9.17, 15) is 14.7 Å². The zero-order chi connectivity index (χ0) is 20.5. The van der Waals surface area contributed by atoms with Crippen molar-refractivity contribution in [2.45, 2.75) is 45.4 Å². The molecule has 0 radical (unpaired) electrons.